The smallest absolute Gasteiger partial charge is 0.0595 e. The van der Waals surface area contributed by atoms with E-state index in [4.69, 9.17) is 34.8 Å². The molecule has 1 nitrogen and oxygen atoms in total. The molecule has 0 saturated carbocycles. The van der Waals surface area contributed by atoms with Crippen molar-refractivity contribution in [3.8, 4) is 0 Å². The summed E-state index contributed by atoms with van der Waals surface area (Å²) < 4.78 is 0. The quantitative estimate of drug-likeness (QED) is 0.760. The maximum absolute atomic E-state index is 6.10. The maximum Gasteiger partial charge on any atom is 0.0595 e. The molecule has 2 aromatic rings. The van der Waals surface area contributed by atoms with E-state index in [0.717, 1.165) is 23.6 Å². The van der Waals surface area contributed by atoms with Gasteiger partial charge in [-0.3, -0.25) is 0 Å². The van der Waals surface area contributed by atoms with E-state index in [-0.39, 0.29) is 6.04 Å². The van der Waals surface area contributed by atoms with Crippen molar-refractivity contribution in [2.45, 2.75) is 19.4 Å². The Morgan fingerprint density at radius 1 is 0.950 bits per heavy atom. The van der Waals surface area contributed by atoms with Crippen LogP contribution in [0.2, 0.25) is 15.1 Å². The lowest BCUT2D eigenvalue weighted by Crippen LogP contribution is -2.22. The SMILES string of the molecule is CCNC(Cc1ccc(Cl)cc1)c1ccc(Cl)c(Cl)c1. The van der Waals surface area contributed by atoms with E-state index in [1.807, 2.05) is 42.5 Å². The zero-order valence-corrected chi connectivity index (χ0v) is 13.4. The van der Waals surface area contributed by atoms with Crippen LogP contribution in [-0.4, -0.2) is 6.54 Å². The number of hydrogen-bond acceptors (Lipinski definition) is 1. The standard InChI is InChI=1S/C16H16Cl3N/c1-2-20-16(9-11-3-6-13(17)7-4-11)12-5-8-14(18)15(19)10-12/h3-8,10,16,20H,2,9H2,1H3. The fourth-order valence-electron chi connectivity index (χ4n) is 2.14. The minimum absolute atomic E-state index is 0.205. The summed E-state index contributed by atoms with van der Waals surface area (Å²) in [5.41, 5.74) is 2.36. The molecular weight excluding hydrogens is 313 g/mol. The molecule has 0 aliphatic heterocycles. The Labute approximate surface area is 134 Å². The second kappa shape index (κ2) is 7.33. The normalized spacial score (nSPS) is 12.4. The van der Waals surface area contributed by atoms with Gasteiger partial charge in [0.2, 0.25) is 0 Å². The predicted octanol–water partition coefficient (Wildman–Crippen LogP) is 5.54. The van der Waals surface area contributed by atoms with Crippen LogP contribution in [0.25, 0.3) is 0 Å². The topological polar surface area (TPSA) is 12.0 Å². The van der Waals surface area contributed by atoms with Crippen LogP contribution in [0.3, 0.4) is 0 Å². The Kier molecular flexibility index (Phi) is 5.74. The average molecular weight is 329 g/mol. The van der Waals surface area contributed by atoms with E-state index in [1.165, 1.54) is 5.56 Å². The van der Waals surface area contributed by atoms with Crippen molar-refractivity contribution < 1.29 is 0 Å². The molecule has 0 fully saturated rings. The summed E-state index contributed by atoms with van der Waals surface area (Å²) in [6.45, 7) is 2.98. The number of nitrogens with one attached hydrogen (secondary N) is 1. The van der Waals surface area contributed by atoms with Gasteiger partial charge in [-0.1, -0.05) is 59.9 Å². The summed E-state index contributed by atoms with van der Waals surface area (Å²) in [7, 11) is 0. The van der Waals surface area contributed by atoms with Gasteiger partial charge in [-0.2, -0.15) is 0 Å². The number of hydrogen-bond donors (Lipinski definition) is 1. The van der Waals surface area contributed by atoms with E-state index >= 15 is 0 Å². The van der Waals surface area contributed by atoms with E-state index in [9.17, 15) is 0 Å². The molecule has 0 spiro atoms. The van der Waals surface area contributed by atoms with Gasteiger partial charge in [0.05, 0.1) is 10.0 Å². The van der Waals surface area contributed by atoms with Crippen molar-refractivity contribution in [1.29, 1.82) is 0 Å². The molecule has 0 heterocycles. The van der Waals surface area contributed by atoms with Crippen molar-refractivity contribution >= 4 is 34.8 Å². The summed E-state index contributed by atoms with van der Waals surface area (Å²) in [6.07, 6.45) is 0.878. The van der Waals surface area contributed by atoms with Gasteiger partial charge in [0.1, 0.15) is 0 Å². The molecule has 1 atom stereocenters. The number of rotatable bonds is 5. The van der Waals surface area contributed by atoms with Crippen molar-refractivity contribution in [2.24, 2.45) is 0 Å². The highest BCUT2D eigenvalue weighted by atomic mass is 35.5. The molecule has 0 amide bonds. The first-order valence-electron chi connectivity index (χ1n) is 6.53. The lowest BCUT2D eigenvalue weighted by Gasteiger charge is -2.19. The Morgan fingerprint density at radius 2 is 1.65 bits per heavy atom. The Bertz CT molecular complexity index is 566. The highest BCUT2D eigenvalue weighted by Crippen LogP contribution is 2.27. The van der Waals surface area contributed by atoms with Crippen molar-refractivity contribution in [2.75, 3.05) is 6.54 Å². The molecular formula is C16H16Cl3N. The van der Waals surface area contributed by atoms with Crippen LogP contribution in [0.15, 0.2) is 42.5 Å². The minimum Gasteiger partial charge on any atom is -0.310 e. The molecule has 2 aromatic carbocycles. The molecule has 0 saturated heterocycles. The van der Waals surface area contributed by atoms with Gasteiger partial charge in [-0.05, 0) is 48.4 Å². The van der Waals surface area contributed by atoms with Crippen molar-refractivity contribution in [3.05, 3.63) is 68.7 Å². The fraction of sp³-hybridized carbons (Fsp3) is 0.250. The number of likely N-dealkylation sites (N-methyl/N-ethyl adjacent to an activating group) is 1. The van der Waals surface area contributed by atoms with E-state index < -0.39 is 0 Å². The molecule has 106 valence electrons. The molecule has 4 heteroatoms. The Morgan fingerprint density at radius 3 is 2.25 bits per heavy atom. The zero-order chi connectivity index (χ0) is 14.5. The predicted molar refractivity (Wildman–Crippen MR) is 88.0 cm³/mol. The lowest BCUT2D eigenvalue weighted by molar-refractivity contribution is 0.550. The molecule has 0 aromatic heterocycles. The van der Waals surface area contributed by atoms with Crippen molar-refractivity contribution in [3.63, 3.8) is 0 Å². The summed E-state index contributed by atoms with van der Waals surface area (Å²) >= 11 is 18.0. The fourth-order valence-corrected chi connectivity index (χ4v) is 2.57. The third-order valence-corrected chi connectivity index (χ3v) is 4.14. The van der Waals surface area contributed by atoms with Crippen LogP contribution >= 0.6 is 34.8 Å². The van der Waals surface area contributed by atoms with Gasteiger partial charge < -0.3 is 5.32 Å². The highest BCUT2D eigenvalue weighted by Gasteiger charge is 2.12. The summed E-state index contributed by atoms with van der Waals surface area (Å²) in [5, 5.41) is 5.39. The second-order valence-corrected chi connectivity index (χ2v) is 5.87. The van der Waals surface area contributed by atoms with Gasteiger partial charge in [-0.15, -0.1) is 0 Å². The van der Waals surface area contributed by atoms with Crippen LogP contribution in [0.1, 0.15) is 24.1 Å². The van der Waals surface area contributed by atoms with Crippen LogP contribution in [0.5, 0.6) is 0 Å². The first-order chi connectivity index (χ1) is 9.60. The van der Waals surface area contributed by atoms with Crippen LogP contribution < -0.4 is 5.32 Å². The molecule has 0 aliphatic rings. The van der Waals surface area contributed by atoms with E-state index in [0.29, 0.717) is 10.0 Å². The number of halogens is 3. The highest BCUT2D eigenvalue weighted by molar-refractivity contribution is 6.42. The average Bonchev–Trinajstić information content (AvgIpc) is 2.44. The second-order valence-electron chi connectivity index (χ2n) is 4.61. The van der Waals surface area contributed by atoms with Gasteiger partial charge in [0.15, 0.2) is 0 Å². The van der Waals surface area contributed by atoms with E-state index in [2.05, 4.69) is 12.2 Å². The summed E-state index contributed by atoms with van der Waals surface area (Å²) in [4.78, 5) is 0. The van der Waals surface area contributed by atoms with Gasteiger partial charge in [-0.25, -0.2) is 0 Å². The molecule has 1 unspecified atom stereocenters. The first-order valence-corrected chi connectivity index (χ1v) is 7.66. The molecule has 0 radical (unpaired) electrons. The monoisotopic (exact) mass is 327 g/mol. The molecule has 20 heavy (non-hydrogen) atoms. The third kappa shape index (κ3) is 4.13. The lowest BCUT2D eigenvalue weighted by atomic mass is 9.99. The van der Waals surface area contributed by atoms with Gasteiger partial charge in [0, 0.05) is 11.1 Å². The number of benzene rings is 2. The molecule has 0 bridgehead atoms. The zero-order valence-electron chi connectivity index (χ0n) is 11.2. The molecule has 0 aliphatic carbocycles. The minimum atomic E-state index is 0.205. The maximum atomic E-state index is 6.10. The van der Waals surface area contributed by atoms with Crippen molar-refractivity contribution in [1.82, 2.24) is 5.32 Å². The Balaban J connectivity index is 2.21. The van der Waals surface area contributed by atoms with Crippen LogP contribution in [-0.2, 0) is 6.42 Å². The molecule has 2 rings (SSSR count). The van der Waals surface area contributed by atoms with Gasteiger partial charge >= 0.3 is 0 Å². The Hall–Kier alpha value is -0.730. The van der Waals surface area contributed by atoms with Gasteiger partial charge in [0.25, 0.3) is 0 Å². The van der Waals surface area contributed by atoms with Crippen LogP contribution in [0, 0.1) is 0 Å². The summed E-state index contributed by atoms with van der Waals surface area (Å²) in [6, 6.07) is 13.9. The van der Waals surface area contributed by atoms with Crippen LogP contribution in [0.4, 0.5) is 0 Å². The molecule has 1 N–H and O–H groups in total. The summed E-state index contributed by atoms with van der Waals surface area (Å²) in [5.74, 6) is 0. The largest absolute Gasteiger partial charge is 0.310 e. The first kappa shape index (κ1) is 15.7. The third-order valence-electron chi connectivity index (χ3n) is 3.15. The van der Waals surface area contributed by atoms with E-state index in [1.54, 1.807) is 0 Å².